The van der Waals surface area contributed by atoms with Gasteiger partial charge in [0.15, 0.2) is 0 Å². The number of phenols is 1. The molecule has 1 aromatic rings. The molecule has 2 rings (SSSR count). The van der Waals surface area contributed by atoms with Crippen LogP contribution in [0, 0.1) is 0 Å². The van der Waals surface area contributed by atoms with Gasteiger partial charge in [0.25, 0.3) is 0 Å². The van der Waals surface area contributed by atoms with Crippen molar-refractivity contribution in [2.24, 2.45) is 0 Å². The van der Waals surface area contributed by atoms with Crippen LogP contribution >= 0.6 is 11.8 Å². The molecule has 0 amide bonds. The zero-order valence-corrected chi connectivity index (χ0v) is 15.1. The summed E-state index contributed by atoms with van der Waals surface area (Å²) in [4.78, 5) is 2.26. The molecule has 0 aliphatic carbocycles. The molecule has 0 fully saturated rings. The maximum absolute atomic E-state index is 10.8. The summed E-state index contributed by atoms with van der Waals surface area (Å²) >= 11 is 1.82. The molecule has 0 spiro atoms. The summed E-state index contributed by atoms with van der Waals surface area (Å²) in [5, 5.41) is 13.0. The van der Waals surface area contributed by atoms with Crippen LogP contribution in [0.25, 0.3) is 5.70 Å². The molecule has 0 radical (unpaired) electrons. The van der Waals surface area contributed by atoms with Crippen LogP contribution in [-0.4, -0.2) is 22.9 Å². The molecule has 0 saturated heterocycles. The lowest BCUT2D eigenvalue weighted by Crippen LogP contribution is -2.19. The Bertz CT molecular complexity index is 541. The molecule has 1 aliphatic heterocycles. The van der Waals surface area contributed by atoms with Gasteiger partial charge in [0.1, 0.15) is 5.75 Å². The molecule has 0 atom stereocenters. The minimum absolute atomic E-state index is 0.0784. The third-order valence-electron chi connectivity index (χ3n) is 3.90. The second-order valence-electron chi connectivity index (χ2n) is 7.92. The van der Waals surface area contributed by atoms with E-state index in [1.165, 1.54) is 11.3 Å². The number of rotatable bonds is 1. The number of phenolic OH excluding ortho intramolecular Hbond substituents is 1. The molecule has 0 aromatic heterocycles. The Balaban J connectivity index is 2.68. The Morgan fingerprint density at radius 3 is 1.81 bits per heavy atom. The number of hydrogen-bond donors (Lipinski definition) is 1. The monoisotopic (exact) mass is 305 g/mol. The molecule has 1 heterocycles. The van der Waals surface area contributed by atoms with Gasteiger partial charge >= 0.3 is 0 Å². The van der Waals surface area contributed by atoms with Crippen LogP contribution in [0.2, 0.25) is 0 Å². The summed E-state index contributed by atoms with van der Waals surface area (Å²) in [7, 11) is 2.12. The van der Waals surface area contributed by atoms with Crippen LogP contribution in [0.3, 0.4) is 0 Å². The van der Waals surface area contributed by atoms with Crippen molar-refractivity contribution < 1.29 is 5.11 Å². The first-order chi connectivity index (χ1) is 9.51. The number of aromatic hydroxyl groups is 1. The largest absolute Gasteiger partial charge is 0.507 e. The summed E-state index contributed by atoms with van der Waals surface area (Å²) < 4.78 is 0. The van der Waals surface area contributed by atoms with Gasteiger partial charge in [-0.3, -0.25) is 0 Å². The van der Waals surface area contributed by atoms with Gasteiger partial charge in [-0.05, 0) is 33.9 Å². The molecule has 1 aliphatic rings. The standard InChI is InChI=1S/C18H27NOS/c1-17(2,3)13-8-12(15-10-21-11-19(15)7)9-14(16(13)20)18(4,5)6/h8-10,20H,11H2,1-7H3. The average Bonchev–Trinajstić information content (AvgIpc) is 2.72. The van der Waals surface area contributed by atoms with Crippen LogP contribution in [-0.2, 0) is 10.8 Å². The van der Waals surface area contributed by atoms with E-state index in [-0.39, 0.29) is 10.8 Å². The van der Waals surface area contributed by atoms with E-state index in [2.05, 4.69) is 71.0 Å². The van der Waals surface area contributed by atoms with E-state index in [9.17, 15) is 5.11 Å². The molecular formula is C18H27NOS. The van der Waals surface area contributed by atoms with Crippen molar-refractivity contribution in [2.45, 2.75) is 52.4 Å². The Hall–Kier alpha value is -1.09. The first-order valence-corrected chi connectivity index (χ1v) is 8.48. The Morgan fingerprint density at radius 2 is 1.48 bits per heavy atom. The fourth-order valence-corrected chi connectivity index (χ4v) is 3.51. The highest BCUT2D eigenvalue weighted by Crippen LogP contribution is 2.42. The quantitative estimate of drug-likeness (QED) is 0.796. The van der Waals surface area contributed by atoms with Crippen molar-refractivity contribution in [3.8, 4) is 5.75 Å². The van der Waals surface area contributed by atoms with Gasteiger partial charge in [-0.2, -0.15) is 0 Å². The lowest BCUT2D eigenvalue weighted by atomic mass is 9.78. The zero-order valence-electron chi connectivity index (χ0n) is 14.2. The van der Waals surface area contributed by atoms with E-state index in [4.69, 9.17) is 0 Å². The molecule has 3 heteroatoms. The van der Waals surface area contributed by atoms with Gasteiger partial charge in [0.2, 0.25) is 0 Å². The van der Waals surface area contributed by atoms with Gasteiger partial charge < -0.3 is 10.0 Å². The lowest BCUT2D eigenvalue weighted by Gasteiger charge is -2.29. The predicted molar refractivity (Wildman–Crippen MR) is 93.7 cm³/mol. The minimum Gasteiger partial charge on any atom is -0.507 e. The summed E-state index contributed by atoms with van der Waals surface area (Å²) in [6.07, 6.45) is 0. The van der Waals surface area contributed by atoms with Crippen molar-refractivity contribution in [3.63, 3.8) is 0 Å². The van der Waals surface area contributed by atoms with Crippen LogP contribution in [0.5, 0.6) is 5.75 Å². The van der Waals surface area contributed by atoms with Crippen LogP contribution in [0.15, 0.2) is 17.5 Å². The topological polar surface area (TPSA) is 23.5 Å². The van der Waals surface area contributed by atoms with E-state index >= 15 is 0 Å². The Kier molecular flexibility index (Phi) is 4.09. The van der Waals surface area contributed by atoms with Crippen LogP contribution in [0.1, 0.15) is 58.2 Å². The molecule has 116 valence electrons. The van der Waals surface area contributed by atoms with Crippen LogP contribution < -0.4 is 0 Å². The fraction of sp³-hybridized carbons (Fsp3) is 0.556. The third kappa shape index (κ3) is 3.23. The SMILES string of the molecule is CN1CSC=C1c1cc(C(C)(C)C)c(O)c(C(C)(C)C)c1. The van der Waals surface area contributed by atoms with Gasteiger partial charge in [-0.15, -0.1) is 11.8 Å². The number of hydrogen-bond acceptors (Lipinski definition) is 3. The third-order valence-corrected chi connectivity index (χ3v) is 4.82. The molecule has 0 bridgehead atoms. The number of nitrogens with zero attached hydrogens (tertiary/aromatic N) is 1. The number of benzene rings is 1. The van der Waals surface area contributed by atoms with Gasteiger partial charge in [0.05, 0.1) is 11.6 Å². The lowest BCUT2D eigenvalue weighted by molar-refractivity contribution is 0.423. The van der Waals surface area contributed by atoms with E-state index in [0.717, 1.165) is 17.0 Å². The second kappa shape index (κ2) is 5.28. The van der Waals surface area contributed by atoms with Gasteiger partial charge in [0, 0.05) is 18.2 Å². The summed E-state index contributed by atoms with van der Waals surface area (Å²) in [6, 6.07) is 4.30. The maximum Gasteiger partial charge on any atom is 0.123 e. The van der Waals surface area contributed by atoms with E-state index in [1.54, 1.807) is 0 Å². The van der Waals surface area contributed by atoms with Gasteiger partial charge in [-0.25, -0.2) is 0 Å². The summed E-state index contributed by atoms with van der Waals surface area (Å²) in [5.74, 6) is 1.44. The molecule has 1 aromatic carbocycles. The minimum atomic E-state index is -0.0784. The van der Waals surface area contributed by atoms with Crippen molar-refractivity contribution in [2.75, 3.05) is 12.9 Å². The molecule has 0 saturated carbocycles. The highest BCUT2D eigenvalue weighted by molar-refractivity contribution is 8.02. The van der Waals surface area contributed by atoms with Crippen molar-refractivity contribution in [1.82, 2.24) is 4.90 Å². The smallest absolute Gasteiger partial charge is 0.123 e. The average molecular weight is 305 g/mol. The van der Waals surface area contributed by atoms with Crippen LogP contribution in [0.4, 0.5) is 0 Å². The highest BCUT2D eigenvalue weighted by atomic mass is 32.2. The van der Waals surface area contributed by atoms with Crippen molar-refractivity contribution in [1.29, 1.82) is 0 Å². The Morgan fingerprint density at radius 1 is 1.00 bits per heavy atom. The zero-order chi connectivity index (χ0) is 16.0. The summed E-state index contributed by atoms with van der Waals surface area (Å²) in [6.45, 7) is 12.9. The van der Waals surface area contributed by atoms with E-state index in [1.807, 2.05) is 11.8 Å². The summed E-state index contributed by atoms with van der Waals surface area (Å²) in [5.41, 5.74) is 4.34. The highest BCUT2D eigenvalue weighted by Gasteiger charge is 2.28. The maximum atomic E-state index is 10.8. The van der Waals surface area contributed by atoms with Gasteiger partial charge in [-0.1, -0.05) is 41.5 Å². The molecule has 1 N–H and O–H groups in total. The fourth-order valence-electron chi connectivity index (χ4n) is 2.60. The van der Waals surface area contributed by atoms with Crippen molar-refractivity contribution >= 4 is 17.5 Å². The molecule has 21 heavy (non-hydrogen) atoms. The predicted octanol–water partition coefficient (Wildman–Crippen LogP) is 4.92. The normalized spacial score (nSPS) is 16.3. The van der Waals surface area contributed by atoms with E-state index in [0.29, 0.717) is 5.75 Å². The van der Waals surface area contributed by atoms with Crippen molar-refractivity contribution in [3.05, 3.63) is 34.2 Å². The number of thioether (sulfide) groups is 1. The molecule has 2 nitrogen and oxygen atoms in total. The second-order valence-corrected chi connectivity index (χ2v) is 8.74. The first kappa shape index (κ1) is 16.3. The van der Waals surface area contributed by atoms with E-state index < -0.39 is 0 Å². The molecule has 0 unspecified atom stereocenters. The molecular weight excluding hydrogens is 278 g/mol. The first-order valence-electron chi connectivity index (χ1n) is 7.43. The Labute approximate surface area is 133 Å².